The second kappa shape index (κ2) is 9.94. The molecule has 7 heteroatoms. The molecule has 2 aliphatic rings. The molecule has 0 bridgehead atoms. The first-order valence-corrected chi connectivity index (χ1v) is 12.9. The SMILES string of the molecule is C[C@@H]1[C@@H]2[C@@H](O)[C@@H]([C@H](C)C(=O)NCc3cccs3)CC[C@]2(C)CC[C@@H]1NC(=O)c1ccccn1. The monoisotopic (exact) mass is 469 g/mol. The van der Waals surface area contributed by atoms with E-state index in [2.05, 4.69) is 29.5 Å². The van der Waals surface area contributed by atoms with Crippen molar-refractivity contribution in [3.63, 3.8) is 0 Å². The number of hydrogen-bond donors (Lipinski definition) is 3. The minimum absolute atomic E-state index is 0.000444. The third-order valence-electron chi connectivity index (χ3n) is 8.17. The lowest BCUT2D eigenvalue weighted by Crippen LogP contribution is -2.58. The highest BCUT2D eigenvalue weighted by molar-refractivity contribution is 7.09. The quantitative estimate of drug-likeness (QED) is 0.596. The lowest BCUT2D eigenvalue weighted by Gasteiger charge is -2.56. The standard InChI is InChI=1S/C26H35N3O3S/c1-16(24(31)28-15-18-7-6-14-33-18)19-9-11-26(3)12-10-20(17(2)22(26)23(19)30)29-25(32)21-8-4-5-13-27-21/h4-8,13-14,16-17,19-20,22-23,30H,9-12,15H2,1-3H3,(H,28,31)(H,29,32)/t16-,17-,19+,20-,22+,23-,26+/m0/s1. The van der Waals surface area contributed by atoms with Crippen molar-refractivity contribution in [1.29, 1.82) is 0 Å². The molecule has 2 aromatic heterocycles. The molecule has 2 aliphatic carbocycles. The Morgan fingerprint density at radius 2 is 2.03 bits per heavy atom. The minimum atomic E-state index is -0.573. The van der Waals surface area contributed by atoms with Crippen LogP contribution in [0.3, 0.4) is 0 Å². The van der Waals surface area contributed by atoms with Crippen molar-refractivity contribution in [3.05, 3.63) is 52.5 Å². The minimum Gasteiger partial charge on any atom is -0.392 e. The molecular weight excluding hydrogens is 434 g/mol. The Hall–Kier alpha value is -2.25. The summed E-state index contributed by atoms with van der Waals surface area (Å²) in [7, 11) is 0. The Bertz CT molecular complexity index is 951. The van der Waals surface area contributed by atoms with Crippen molar-refractivity contribution in [3.8, 4) is 0 Å². The van der Waals surface area contributed by atoms with Gasteiger partial charge in [-0.3, -0.25) is 14.6 Å². The van der Waals surface area contributed by atoms with Gasteiger partial charge < -0.3 is 15.7 Å². The lowest BCUT2D eigenvalue weighted by atomic mass is 9.51. The number of rotatable bonds is 6. The number of amides is 2. The summed E-state index contributed by atoms with van der Waals surface area (Å²) in [5.41, 5.74) is 0.436. The summed E-state index contributed by atoms with van der Waals surface area (Å²) in [6, 6.07) is 9.29. The van der Waals surface area contributed by atoms with Gasteiger partial charge in [-0.2, -0.15) is 0 Å². The number of hydrogen-bond acceptors (Lipinski definition) is 5. The fourth-order valence-corrected chi connectivity index (χ4v) is 6.82. The first-order valence-electron chi connectivity index (χ1n) is 12.0. The van der Waals surface area contributed by atoms with Crippen LogP contribution in [0.5, 0.6) is 0 Å². The van der Waals surface area contributed by atoms with E-state index in [1.807, 2.05) is 30.5 Å². The van der Waals surface area contributed by atoms with Gasteiger partial charge in [0, 0.05) is 23.0 Å². The van der Waals surface area contributed by atoms with Crippen LogP contribution in [-0.2, 0) is 11.3 Å². The van der Waals surface area contributed by atoms with E-state index in [0.717, 1.165) is 30.6 Å². The van der Waals surface area contributed by atoms with Crippen molar-refractivity contribution in [2.75, 3.05) is 0 Å². The molecule has 178 valence electrons. The summed E-state index contributed by atoms with van der Waals surface area (Å²) >= 11 is 1.63. The van der Waals surface area contributed by atoms with Gasteiger partial charge in [0.05, 0.1) is 12.6 Å². The van der Waals surface area contributed by atoms with Crippen molar-refractivity contribution >= 4 is 23.2 Å². The number of aliphatic hydroxyl groups is 1. The largest absolute Gasteiger partial charge is 0.392 e. The van der Waals surface area contributed by atoms with Crippen molar-refractivity contribution < 1.29 is 14.7 Å². The zero-order chi connectivity index (χ0) is 23.6. The van der Waals surface area contributed by atoms with Crippen LogP contribution in [0.1, 0.15) is 61.8 Å². The van der Waals surface area contributed by atoms with Crippen LogP contribution in [0, 0.1) is 29.1 Å². The highest BCUT2D eigenvalue weighted by Gasteiger charge is 2.53. The molecule has 0 spiro atoms. The number of aliphatic hydroxyl groups excluding tert-OH is 1. The van der Waals surface area contributed by atoms with Gasteiger partial charge in [-0.25, -0.2) is 0 Å². The van der Waals surface area contributed by atoms with E-state index < -0.39 is 6.10 Å². The fraction of sp³-hybridized carbons (Fsp3) is 0.577. The number of pyridine rings is 1. The Kier molecular flexibility index (Phi) is 7.19. The molecule has 4 rings (SSSR count). The highest BCUT2D eigenvalue weighted by Crippen LogP contribution is 2.55. The van der Waals surface area contributed by atoms with Crippen LogP contribution in [0.25, 0.3) is 0 Å². The Morgan fingerprint density at radius 1 is 1.24 bits per heavy atom. The molecule has 2 saturated carbocycles. The summed E-state index contributed by atoms with van der Waals surface area (Å²) in [5.74, 6) is -0.375. The van der Waals surface area contributed by atoms with Crippen LogP contribution in [0.15, 0.2) is 41.9 Å². The second-order valence-corrected chi connectivity index (χ2v) is 11.2. The molecule has 7 atom stereocenters. The molecule has 33 heavy (non-hydrogen) atoms. The molecule has 0 aromatic carbocycles. The van der Waals surface area contributed by atoms with Gasteiger partial charge in [0.2, 0.25) is 5.91 Å². The summed E-state index contributed by atoms with van der Waals surface area (Å²) in [5, 5.41) is 19.8. The average Bonchev–Trinajstić information content (AvgIpc) is 3.33. The first-order chi connectivity index (χ1) is 15.8. The third kappa shape index (κ3) is 4.99. The van der Waals surface area contributed by atoms with E-state index in [1.54, 1.807) is 29.7 Å². The summed E-state index contributed by atoms with van der Waals surface area (Å²) in [6.07, 6.45) is 4.73. The molecule has 2 heterocycles. The van der Waals surface area contributed by atoms with Crippen molar-refractivity contribution in [2.24, 2.45) is 29.1 Å². The Balaban J connectivity index is 1.43. The van der Waals surface area contributed by atoms with Gasteiger partial charge in [0.1, 0.15) is 5.69 Å². The van der Waals surface area contributed by atoms with Gasteiger partial charge >= 0.3 is 0 Å². The van der Waals surface area contributed by atoms with Gasteiger partial charge in [-0.15, -0.1) is 11.3 Å². The number of carbonyl (C=O) groups is 2. The van der Waals surface area contributed by atoms with E-state index in [1.165, 1.54) is 0 Å². The molecule has 0 aliphatic heterocycles. The van der Waals surface area contributed by atoms with Crippen LogP contribution in [-0.4, -0.2) is 34.1 Å². The van der Waals surface area contributed by atoms with E-state index in [9.17, 15) is 14.7 Å². The van der Waals surface area contributed by atoms with Crippen LogP contribution in [0.4, 0.5) is 0 Å². The van der Waals surface area contributed by atoms with E-state index in [4.69, 9.17) is 0 Å². The molecule has 2 fully saturated rings. The predicted molar refractivity (Wildman–Crippen MR) is 130 cm³/mol. The van der Waals surface area contributed by atoms with Crippen molar-refractivity contribution in [2.45, 2.75) is 65.1 Å². The van der Waals surface area contributed by atoms with E-state index >= 15 is 0 Å². The molecule has 6 nitrogen and oxygen atoms in total. The lowest BCUT2D eigenvalue weighted by molar-refractivity contribution is -0.142. The molecular formula is C26H35N3O3S. The van der Waals surface area contributed by atoms with E-state index in [0.29, 0.717) is 12.2 Å². The molecule has 2 aromatic rings. The normalized spacial score (nSPS) is 32.4. The van der Waals surface area contributed by atoms with Crippen molar-refractivity contribution in [1.82, 2.24) is 15.6 Å². The number of nitrogens with zero attached hydrogens (tertiary/aromatic N) is 1. The number of aromatic nitrogens is 1. The average molecular weight is 470 g/mol. The maximum absolute atomic E-state index is 12.9. The molecule has 0 unspecified atom stereocenters. The number of carbonyl (C=O) groups excluding carboxylic acids is 2. The smallest absolute Gasteiger partial charge is 0.270 e. The molecule has 0 saturated heterocycles. The van der Waals surface area contributed by atoms with E-state index in [-0.39, 0.29) is 46.9 Å². The summed E-state index contributed by atoms with van der Waals surface area (Å²) in [4.78, 5) is 30.9. The zero-order valence-electron chi connectivity index (χ0n) is 19.7. The van der Waals surface area contributed by atoms with Crippen LogP contribution < -0.4 is 10.6 Å². The number of fused-ring (bicyclic) bond motifs is 1. The first kappa shape index (κ1) is 23.9. The Morgan fingerprint density at radius 3 is 2.73 bits per heavy atom. The Labute approximate surface area is 200 Å². The third-order valence-corrected chi connectivity index (χ3v) is 9.05. The topological polar surface area (TPSA) is 91.3 Å². The summed E-state index contributed by atoms with van der Waals surface area (Å²) < 4.78 is 0. The number of thiophene rings is 1. The van der Waals surface area contributed by atoms with Gasteiger partial charge in [-0.05, 0) is 72.4 Å². The molecule has 0 radical (unpaired) electrons. The van der Waals surface area contributed by atoms with Gasteiger partial charge in [0.15, 0.2) is 0 Å². The van der Waals surface area contributed by atoms with Gasteiger partial charge in [0.25, 0.3) is 5.91 Å². The second-order valence-electron chi connectivity index (χ2n) is 10.2. The highest BCUT2D eigenvalue weighted by atomic mass is 32.1. The number of nitrogens with one attached hydrogen (secondary N) is 2. The molecule has 2 amide bonds. The zero-order valence-corrected chi connectivity index (χ0v) is 20.5. The fourth-order valence-electron chi connectivity index (χ4n) is 6.18. The maximum atomic E-state index is 12.9. The van der Waals surface area contributed by atoms with Crippen LogP contribution >= 0.6 is 11.3 Å². The molecule has 3 N–H and O–H groups in total. The summed E-state index contributed by atoms with van der Waals surface area (Å²) in [6.45, 7) is 6.88. The maximum Gasteiger partial charge on any atom is 0.270 e. The van der Waals surface area contributed by atoms with Crippen LogP contribution in [0.2, 0.25) is 0 Å². The predicted octanol–water partition coefficient (Wildman–Crippen LogP) is 4.02. The van der Waals surface area contributed by atoms with Gasteiger partial charge in [-0.1, -0.05) is 32.9 Å².